The second-order valence-electron chi connectivity index (χ2n) is 2.61. The average molecular weight is 297 g/mol. The molecular weight excluding hydrogens is 292 g/mol. The lowest BCUT2D eigenvalue weighted by Gasteiger charge is -2.09. The van der Waals surface area contributed by atoms with Crippen LogP contribution in [0, 0.1) is 0 Å². The molecule has 0 spiro atoms. The molecule has 0 amide bonds. The van der Waals surface area contributed by atoms with E-state index in [1.54, 1.807) is 0 Å². The van der Waals surface area contributed by atoms with E-state index >= 15 is 0 Å². The van der Waals surface area contributed by atoms with Gasteiger partial charge in [0, 0.05) is 0 Å². The molecule has 1 aromatic rings. The molecule has 0 unspecified atom stereocenters. The van der Waals surface area contributed by atoms with Crippen LogP contribution in [0.15, 0.2) is 23.1 Å². The van der Waals surface area contributed by atoms with Gasteiger partial charge in [-0.15, -0.1) is 12.4 Å². The summed E-state index contributed by atoms with van der Waals surface area (Å²) in [7, 11) is -4.66. The molecule has 0 fully saturated rings. The van der Waals surface area contributed by atoms with Crippen molar-refractivity contribution in [2.24, 2.45) is 0 Å². The van der Waals surface area contributed by atoms with E-state index in [4.69, 9.17) is 16.2 Å². The first-order chi connectivity index (χ1) is 6.62. The van der Waals surface area contributed by atoms with Crippen LogP contribution in [-0.2, 0) is 16.3 Å². The molecule has 0 bridgehead atoms. The molecule has 0 aliphatic rings. The summed E-state index contributed by atoms with van der Waals surface area (Å²) in [5, 5.41) is -0.630. The first-order valence-electron chi connectivity index (χ1n) is 3.46. The van der Waals surface area contributed by atoms with Gasteiger partial charge >= 0.3 is 6.18 Å². The fourth-order valence-electron chi connectivity index (χ4n) is 0.882. The van der Waals surface area contributed by atoms with Crippen molar-refractivity contribution in [2.75, 3.05) is 0 Å². The minimum Gasteiger partial charge on any atom is -0.282 e. The Morgan fingerprint density at radius 3 is 2.12 bits per heavy atom. The Bertz CT molecular complexity index is 484. The van der Waals surface area contributed by atoms with E-state index in [0.29, 0.717) is 0 Å². The van der Waals surface area contributed by atoms with Crippen LogP contribution in [0.2, 0.25) is 5.02 Å². The Kier molecular flexibility index (Phi) is 4.64. The van der Waals surface area contributed by atoms with E-state index in [1.807, 2.05) is 0 Å². The molecular formula is C7H5Cl2F3O3S. The van der Waals surface area contributed by atoms with Gasteiger partial charge in [-0.3, -0.25) is 4.55 Å². The zero-order valence-corrected chi connectivity index (χ0v) is 9.71. The number of alkyl halides is 3. The normalized spacial score (nSPS) is 12.1. The van der Waals surface area contributed by atoms with Crippen LogP contribution in [0.4, 0.5) is 13.2 Å². The molecule has 0 heterocycles. The summed E-state index contributed by atoms with van der Waals surface area (Å²) < 4.78 is 66.4. The van der Waals surface area contributed by atoms with Gasteiger partial charge in [-0.05, 0) is 18.2 Å². The molecule has 0 radical (unpaired) electrons. The standard InChI is InChI=1S/C7H4ClF3O3S.ClH/c8-6-2-1-4(15(12,13)14)3-5(6)7(9,10)11;/h1-3H,(H,12,13,14);1H. The number of benzene rings is 1. The van der Waals surface area contributed by atoms with Crippen LogP contribution in [0.5, 0.6) is 0 Å². The van der Waals surface area contributed by atoms with Gasteiger partial charge in [-0.2, -0.15) is 21.6 Å². The van der Waals surface area contributed by atoms with Crippen LogP contribution in [0.25, 0.3) is 0 Å². The van der Waals surface area contributed by atoms with Crippen LogP contribution in [0.3, 0.4) is 0 Å². The Balaban J connectivity index is 0.00000225. The molecule has 3 nitrogen and oxygen atoms in total. The summed E-state index contributed by atoms with van der Waals surface area (Å²) in [5.41, 5.74) is -1.31. The van der Waals surface area contributed by atoms with Crippen molar-refractivity contribution in [3.05, 3.63) is 28.8 Å². The SMILES string of the molecule is Cl.O=S(=O)(O)c1ccc(Cl)c(C(F)(F)F)c1. The van der Waals surface area contributed by atoms with Gasteiger partial charge in [-0.1, -0.05) is 11.6 Å². The quantitative estimate of drug-likeness (QED) is 0.811. The zero-order valence-electron chi connectivity index (χ0n) is 7.32. The second-order valence-corrected chi connectivity index (χ2v) is 4.44. The van der Waals surface area contributed by atoms with Gasteiger partial charge < -0.3 is 0 Å². The van der Waals surface area contributed by atoms with Gasteiger partial charge in [-0.25, -0.2) is 0 Å². The lowest BCUT2D eigenvalue weighted by atomic mass is 10.2. The van der Waals surface area contributed by atoms with E-state index in [9.17, 15) is 21.6 Å². The van der Waals surface area contributed by atoms with Crippen molar-refractivity contribution in [1.82, 2.24) is 0 Å². The highest BCUT2D eigenvalue weighted by Gasteiger charge is 2.34. The van der Waals surface area contributed by atoms with E-state index in [2.05, 4.69) is 0 Å². The minimum atomic E-state index is -4.77. The topological polar surface area (TPSA) is 54.4 Å². The molecule has 0 aliphatic heterocycles. The summed E-state index contributed by atoms with van der Waals surface area (Å²) in [5.74, 6) is 0. The van der Waals surface area contributed by atoms with Crippen molar-refractivity contribution < 1.29 is 26.1 Å². The lowest BCUT2D eigenvalue weighted by molar-refractivity contribution is -0.137. The van der Waals surface area contributed by atoms with E-state index in [0.717, 1.165) is 12.1 Å². The molecule has 0 saturated heterocycles. The molecule has 9 heteroatoms. The van der Waals surface area contributed by atoms with Crippen LogP contribution >= 0.6 is 24.0 Å². The summed E-state index contributed by atoms with van der Waals surface area (Å²) in [6.45, 7) is 0. The van der Waals surface area contributed by atoms with Gasteiger partial charge in [0.1, 0.15) is 0 Å². The molecule has 1 N–H and O–H groups in total. The van der Waals surface area contributed by atoms with Gasteiger partial charge in [0.05, 0.1) is 15.5 Å². The monoisotopic (exact) mass is 296 g/mol. The summed E-state index contributed by atoms with van der Waals surface area (Å²) in [4.78, 5) is -0.848. The molecule has 1 aromatic carbocycles. The average Bonchev–Trinajstić information content (AvgIpc) is 2.00. The van der Waals surface area contributed by atoms with Crippen molar-refractivity contribution in [3.8, 4) is 0 Å². The molecule has 92 valence electrons. The van der Waals surface area contributed by atoms with E-state index in [1.165, 1.54) is 0 Å². The molecule has 16 heavy (non-hydrogen) atoms. The van der Waals surface area contributed by atoms with Gasteiger partial charge in [0.2, 0.25) is 0 Å². The van der Waals surface area contributed by atoms with Gasteiger partial charge in [0.25, 0.3) is 10.1 Å². The third kappa shape index (κ3) is 3.51. The predicted molar refractivity (Wildman–Crippen MR) is 53.5 cm³/mol. The van der Waals surface area contributed by atoms with Gasteiger partial charge in [0.15, 0.2) is 0 Å². The molecule has 0 aliphatic carbocycles. The molecule has 1 rings (SSSR count). The highest BCUT2D eigenvalue weighted by atomic mass is 35.5. The van der Waals surface area contributed by atoms with Crippen LogP contribution in [-0.4, -0.2) is 13.0 Å². The molecule has 0 atom stereocenters. The van der Waals surface area contributed by atoms with Crippen molar-refractivity contribution in [3.63, 3.8) is 0 Å². The number of hydrogen-bond acceptors (Lipinski definition) is 2. The molecule has 0 aromatic heterocycles. The van der Waals surface area contributed by atoms with E-state index < -0.39 is 31.8 Å². The molecule has 0 saturated carbocycles. The fraction of sp³-hybridized carbons (Fsp3) is 0.143. The maximum atomic E-state index is 12.3. The summed E-state index contributed by atoms with van der Waals surface area (Å²) >= 11 is 5.23. The smallest absolute Gasteiger partial charge is 0.282 e. The Morgan fingerprint density at radius 2 is 1.75 bits per heavy atom. The maximum absolute atomic E-state index is 12.3. The zero-order chi connectivity index (χ0) is 11.9. The lowest BCUT2D eigenvalue weighted by Crippen LogP contribution is -2.08. The third-order valence-electron chi connectivity index (χ3n) is 1.54. The maximum Gasteiger partial charge on any atom is 0.417 e. The highest BCUT2D eigenvalue weighted by Crippen LogP contribution is 2.35. The number of hydrogen-bond donors (Lipinski definition) is 1. The summed E-state index contributed by atoms with van der Waals surface area (Å²) in [6.07, 6.45) is -4.77. The number of rotatable bonds is 1. The fourth-order valence-corrected chi connectivity index (χ4v) is 1.61. The van der Waals surface area contributed by atoms with Crippen LogP contribution in [0.1, 0.15) is 5.56 Å². The first kappa shape index (κ1) is 15.5. The largest absolute Gasteiger partial charge is 0.417 e. The highest BCUT2D eigenvalue weighted by molar-refractivity contribution is 7.85. The Labute approximate surface area is 100 Å². The summed E-state index contributed by atoms with van der Waals surface area (Å²) in [6, 6.07) is 1.82. The van der Waals surface area contributed by atoms with Crippen molar-refractivity contribution >= 4 is 34.1 Å². The van der Waals surface area contributed by atoms with Crippen LogP contribution < -0.4 is 0 Å². The van der Waals surface area contributed by atoms with Crippen molar-refractivity contribution in [1.29, 1.82) is 0 Å². The Hall–Kier alpha value is -0.500. The van der Waals surface area contributed by atoms with Crippen molar-refractivity contribution in [2.45, 2.75) is 11.1 Å². The first-order valence-corrected chi connectivity index (χ1v) is 5.28. The minimum absolute atomic E-state index is 0. The predicted octanol–water partition coefficient (Wildman–Crippen LogP) is 3.03. The number of halogens is 5. The second kappa shape index (κ2) is 4.79. The van der Waals surface area contributed by atoms with E-state index in [-0.39, 0.29) is 18.5 Å². The third-order valence-corrected chi connectivity index (χ3v) is 2.72. The Morgan fingerprint density at radius 1 is 1.25 bits per heavy atom.